The molecule has 0 amide bonds. The summed E-state index contributed by atoms with van der Waals surface area (Å²) in [6.45, 7) is 19.8. The highest BCUT2D eigenvalue weighted by Crippen LogP contribution is 2.14. The van der Waals surface area contributed by atoms with E-state index in [0.717, 1.165) is 37.6 Å². The topological polar surface area (TPSA) is 60.7 Å². The van der Waals surface area contributed by atoms with Gasteiger partial charge in [0.25, 0.3) is 0 Å². The maximum absolute atomic E-state index is 4.80. The van der Waals surface area contributed by atoms with Gasteiger partial charge in [0.2, 0.25) is 0 Å². The minimum atomic E-state index is 0.310. The van der Waals surface area contributed by atoms with Crippen LogP contribution in [-0.2, 0) is 13.5 Å². The van der Waals surface area contributed by atoms with Gasteiger partial charge >= 0.3 is 0 Å². The maximum Gasteiger partial charge on any atom is 0.191 e. The van der Waals surface area contributed by atoms with E-state index < -0.39 is 0 Å². The molecule has 2 heterocycles. The Bertz CT molecular complexity index is 629. The number of aryl methyl sites for hydroxylation is 2. The fourth-order valence-electron chi connectivity index (χ4n) is 3.99. The van der Waals surface area contributed by atoms with E-state index in [1.807, 2.05) is 11.7 Å². The molecule has 0 radical (unpaired) electrons. The van der Waals surface area contributed by atoms with Crippen LogP contribution in [0.3, 0.4) is 0 Å². The van der Waals surface area contributed by atoms with Crippen molar-refractivity contribution in [2.24, 2.45) is 12.0 Å². The van der Waals surface area contributed by atoms with Crippen molar-refractivity contribution in [1.29, 1.82) is 0 Å². The Balaban J connectivity index is 1.73. The van der Waals surface area contributed by atoms with Gasteiger partial charge in [0.05, 0.1) is 5.69 Å². The van der Waals surface area contributed by atoms with Crippen LogP contribution in [0.1, 0.15) is 50.6 Å². The number of hydrogen-bond donors (Lipinski definition) is 2. The number of hydrogen-bond acceptors (Lipinski definition) is 4. The Labute approximate surface area is 177 Å². The Morgan fingerprint density at radius 2 is 1.79 bits per heavy atom. The summed E-state index contributed by atoms with van der Waals surface area (Å²) >= 11 is 0. The summed E-state index contributed by atoms with van der Waals surface area (Å²) in [5, 5.41) is 11.5. The van der Waals surface area contributed by atoms with Crippen LogP contribution in [0.2, 0.25) is 0 Å². The molecule has 29 heavy (non-hydrogen) atoms. The van der Waals surface area contributed by atoms with E-state index >= 15 is 0 Å². The summed E-state index contributed by atoms with van der Waals surface area (Å²) in [5.74, 6) is 0.927. The van der Waals surface area contributed by atoms with Crippen molar-refractivity contribution in [3.8, 4) is 0 Å². The van der Waals surface area contributed by atoms with Crippen LogP contribution in [-0.4, -0.2) is 83.9 Å². The van der Waals surface area contributed by atoms with E-state index in [4.69, 9.17) is 4.99 Å². The lowest BCUT2D eigenvalue weighted by molar-refractivity contribution is 0.136. The molecule has 2 N–H and O–H groups in total. The second-order valence-corrected chi connectivity index (χ2v) is 8.27. The monoisotopic (exact) mass is 405 g/mol. The number of likely N-dealkylation sites (N-methyl/N-ethyl adjacent to an activating group) is 1. The van der Waals surface area contributed by atoms with Gasteiger partial charge in [-0.1, -0.05) is 6.92 Å². The molecule has 1 unspecified atom stereocenters. The molecule has 0 aromatic carbocycles. The Kier molecular flexibility index (Phi) is 9.94. The lowest BCUT2D eigenvalue weighted by Crippen LogP contribution is -2.46. The molecule has 0 saturated carbocycles. The lowest BCUT2D eigenvalue weighted by Gasteiger charge is -2.33. The normalized spacial score (nSPS) is 17.5. The van der Waals surface area contributed by atoms with Gasteiger partial charge in [-0.05, 0) is 65.6 Å². The molecule has 0 spiro atoms. The first-order chi connectivity index (χ1) is 13.9. The number of aliphatic imine (C=N–C) groups is 1. The molecule has 7 nitrogen and oxygen atoms in total. The number of nitrogens with one attached hydrogen (secondary N) is 2. The van der Waals surface area contributed by atoms with E-state index in [-0.39, 0.29) is 0 Å². The zero-order valence-electron chi connectivity index (χ0n) is 19.6. The summed E-state index contributed by atoms with van der Waals surface area (Å²) in [5.41, 5.74) is 3.71. The summed E-state index contributed by atoms with van der Waals surface area (Å²) in [6, 6.07) is 0.310. The zero-order chi connectivity index (χ0) is 21.2. The molecular formula is C22H43N7. The van der Waals surface area contributed by atoms with Gasteiger partial charge in [-0.2, -0.15) is 5.10 Å². The third-order valence-electron chi connectivity index (χ3n) is 5.96. The van der Waals surface area contributed by atoms with Crippen LogP contribution in [0.5, 0.6) is 0 Å². The van der Waals surface area contributed by atoms with Gasteiger partial charge in [-0.3, -0.25) is 9.67 Å². The second-order valence-electron chi connectivity index (χ2n) is 8.27. The number of rotatable bonds is 10. The Hall–Kier alpha value is -1.60. The summed E-state index contributed by atoms with van der Waals surface area (Å²) in [6.07, 6.45) is 3.32. The molecule has 166 valence electrons. The molecule has 2 rings (SSSR count). The van der Waals surface area contributed by atoms with Gasteiger partial charge < -0.3 is 20.4 Å². The third kappa shape index (κ3) is 7.63. The second kappa shape index (κ2) is 12.2. The molecule has 0 bridgehead atoms. The standard InChI is InChI=1S/C22H43N7/c1-7-23-22(25-18(3)17-21-19(4)26-27(6)20(21)5)24-11-9-10-12-29-15-13-28(8-2)14-16-29/h18H,7-17H2,1-6H3,(H2,23,24,25). The molecule has 0 aliphatic carbocycles. The van der Waals surface area contributed by atoms with Crippen molar-refractivity contribution in [3.05, 3.63) is 17.0 Å². The van der Waals surface area contributed by atoms with Crippen LogP contribution >= 0.6 is 0 Å². The number of piperazine rings is 1. The summed E-state index contributed by atoms with van der Waals surface area (Å²) in [4.78, 5) is 9.93. The molecule has 1 aliphatic heterocycles. The fourth-order valence-corrected chi connectivity index (χ4v) is 3.99. The molecular weight excluding hydrogens is 362 g/mol. The molecule has 1 aromatic heterocycles. The number of unbranched alkanes of at least 4 members (excludes halogenated alkanes) is 1. The minimum Gasteiger partial charge on any atom is -0.357 e. The highest BCUT2D eigenvalue weighted by molar-refractivity contribution is 5.80. The van der Waals surface area contributed by atoms with Crippen LogP contribution in [0.4, 0.5) is 0 Å². The van der Waals surface area contributed by atoms with E-state index in [9.17, 15) is 0 Å². The number of nitrogens with zero attached hydrogens (tertiary/aromatic N) is 5. The molecule has 1 atom stereocenters. The van der Waals surface area contributed by atoms with E-state index in [1.54, 1.807) is 0 Å². The van der Waals surface area contributed by atoms with Gasteiger partial charge in [0.1, 0.15) is 0 Å². The predicted molar refractivity (Wildman–Crippen MR) is 123 cm³/mol. The minimum absolute atomic E-state index is 0.310. The van der Waals surface area contributed by atoms with E-state index in [1.165, 1.54) is 56.9 Å². The molecule has 1 aliphatic rings. The Morgan fingerprint density at radius 1 is 1.10 bits per heavy atom. The fraction of sp³-hybridized carbons (Fsp3) is 0.818. The first-order valence-electron chi connectivity index (χ1n) is 11.4. The van der Waals surface area contributed by atoms with E-state index in [2.05, 4.69) is 60.2 Å². The largest absolute Gasteiger partial charge is 0.357 e. The number of guanidine groups is 1. The average Bonchev–Trinajstić information content (AvgIpc) is 2.94. The summed E-state index contributed by atoms with van der Waals surface area (Å²) in [7, 11) is 2.01. The third-order valence-corrected chi connectivity index (χ3v) is 5.96. The Morgan fingerprint density at radius 3 is 2.38 bits per heavy atom. The van der Waals surface area contributed by atoms with Gasteiger partial charge in [0, 0.05) is 58.1 Å². The maximum atomic E-state index is 4.80. The van der Waals surface area contributed by atoms with Crippen molar-refractivity contribution >= 4 is 5.96 Å². The molecule has 1 fully saturated rings. The van der Waals surface area contributed by atoms with Gasteiger partial charge in [0.15, 0.2) is 5.96 Å². The van der Waals surface area contributed by atoms with Crippen molar-refractivity contribution in [3.63, 3.8) is 0 Å². The van der Waals surface area contributed by atoms with E-state index in [0.29, 0.717) is 6.04 Å². The SMILES string of the molecule is CCNC(=NCCCCN1CCN(CC)CC1)NC(C)Cc1c(C)nn(C)c1C. The molecule has 7 heteroatoms. The van der Waals surface area contributed by atoms with Gasteiger partial charge in [-0.15, -0.1) is 0 Å². The smallest absolute Gasteiger partial charge is 0.191 e. The average molecular weight is 406 g/mol. The molecule has 1 aromatic rings. The predicted octanol–water partition coefficient (Wildman–Crippen LogP) is 1.94. The molecule has 1 saturated heterocycles. The van der Waals surface area contributed by atoms with Crippen LogP contribution in [0.25, 0.3) is 0 Å². The van der Waals surface area contributed by atoms with Crippen molar-refractivity contribution in [1.82, 2.24) is 30.2 Å². The van der Waals surface area contributed by atoms with Crippen molar-refractivity contribution in [2.75, 3.05) is 52.4 Å². The summed E-state index contributed by atoms with van der Waals surface area (Å²) < 4.78 is 1.97. The lowest BCUT2D eigenvalue weighted by atomic mass is 10.1. The van der Waals surface area contributed by atoms with Crippen LogP contribution in [0, 0.1) is 13.8 Å². The van der Waals surface area contributed by atoms with Crippen molar-refractivity contribution < 1.29 is 0 Å². The van der Waals surface area contributed by atoms with Crippen LogP contribution in [0.15, 0.2) is 4.99 Å². The van der Waals surface area contributed by atoms with Crippen molar-refractivity contribution in [2.45, 2.75) is 59.9 Å². The zero-order valence-corrected chi connectivity index (χ0v) is 19.6. The highest BCUT2D eigenvalue weighted by Gasteiger charge is 2.15. The first-order valence-corrected chi connectivity index (χ1v) is 11.4. The first kappa shape index (κ1) is 23.7. The van der Waals surface area contributed by atoms with Crippen LogP contribution < -0.4 is 10.6 Å². The highest BCUT2D eigenvalue weighted by atomic mass is 15.3. The van der Waals surface area contributed by atoms with Gasteiger partial charge in [-0.25, -0.2) is 0 Å². The number of aromatic nitrogens is 2. The quantitative estimate of drug-likeness (QED) is 0.354.